The summed E-state index contributed by atoms with van der Waals surface area (Å²) in [7, 11) is 0. The van der Waals surface area contributed by atoms with Gasteiger partial charge < -0.3 is 9.84 Å². The summed E-state index contributed by atoms with van der Waals surface area (Å²) in [5, 5.41) is 8.63. The van der Waals surface area contributed by atoms with Gasteiger partial charge in [-0.25, -0.2) is 0 Å². The van der Waals surface area contributed by atoms with Gasteiger partial charge in [0.15, 0.2) is 0 Å². The van der Waals surface area contributed by atoms with Crippen LogP contribution in [-0.4, -0.2) is 24.9 Å². The van der Waals surface area contributed by atoms with Crippen molar-refractivity contribution in [3.63, 3.8) is 0 Å². The van der Waals surface area contributed by atoms with Crippen molar-refractivity contribution in [1.29, 1.82) is 0 Å². The summed E-state index contributed by atoms with van der Waals surface area (Å²) in [6.07, 6.45) is 11.5. The van der Waals surface area contributed by atoms with E-state index in [0.717, 1.165) is 18.9 Å². The van der Waals surface area contributed by atoms with E-state index in [1.54, 1.807) is 0 Å². The highest BCUT2D eigenvalue weighted by Crippen LogP contribution is 2.18. The summed E-state index contributed by atoms with van der Waals surface area (Å²) in [5.74, 6) is 0.839. The highest BCUT2D eigenvalue weighted by atomic mass is 16.5. The molecule has 0 bridgehead atoms. The zero-order valence-electron chi connectivity index (χ0n) is 11.9. The van der Waals surface area contributed by atoms with Crippen molar-refractivity contribution in [3.05, 3.63) is 0 Å². The Kier molecular flexibility index (Phi) is 13.9. The Labute approximate surface area is 108 Å². The van der Waals surface area contributed by atoms with Crippen LogP contribution in [0.1, 0.15) is 71.6 Å². The fourth-order valence-corrected chi connectivity index (χ4v) is 2.11. The number of aliphatic hydroxyl groups excluding tert-OH is 1. The van der Waals surface area contributed by atoms with Crippen LogP contribution in [0.25, 0.3) is 0 Å². The number of aliphatic hydroxyl groups is 1. The zero-order valence-corrected chi connectivity index (χ0v) is 11.9. The molecule has 1 atom stereocenters. The van der Waals surface area contributed by atoms with Gasteiger partial charge in [0.2, 0.25) is 0 Å². The predicted molar refractivity (Wildman–Crippen MR) is 74.3 cm³/mol. The largest absolute Gasteiger partial charge is 0.396 e. The average Bonchev–Trinajstić information content (AvgIpc) is 2.36. The molecule has 0 amide bonds. The second-order valence-electron chi connectivity index (χ2n) is 4.96. The van der Waals surface area contributed by atoms with Crippen molar-refractivity contribution in [2.45, 2.75) is 71.6 Å². The quantitative estimate of drug-likeness (QED) is 0.493. The highest BCUT2D eigenvalue weighted by Gasteiger charge is 2.05. The van der Waals surface area contributed by atoms with Gasteiger partial charge in [-0.15, -0.1) is 0 Å². The molecule has 1 N–H and O–H groups in total. The maximum absolute atomic E-state index is 8.63. The molecule has 0 aromatic rings. The fourth-order valence-electron chi connectivity index (χ4n) is 2.11. The number of hydrogen-bond acceptors (Lipinski definition) is 2. The van der Waals surface area contributed by atoms with Gasteiger partial charge in [0.25, 0.3) is 0 Å². The van der Waals surface area contributed by atoms with Crippen molar-refractivity contribution in [2.75, 3.05) is 19.8 Å². The Bertz CT molecular complexity index is 123. The number of unbranched alkanes of at least 4 members (excludes halogenated alkanes) is 4. The van der Waals surface area contributed by atoms with Gasteiger partial charge in [-0.2, -0.15) is 0 Å². The van der Waals surface area contributed by atoms with Gasteiger partial charge in [-0.1, -0.05) is 58.8 Å². The number of rotatable bonds is 13. The molecule has 0 saturated heterocycles. The maximum Gasteiger partial charge on any atom is 0.0487 e. The lowest BCUT2D eigenvalue weighted by atomic mass is 9.95. The van der Waals surface area contributed by atoms with Crippen molar-refractivity contribution in [2.24, 2.45) is 5.92 Å². The fraction of sp³-hybridized carbons (Fsp3) is 1.00. The molecule has 0 aliphatic carbocycles. The normalized spacial score (nSPS) is 12.9. The van der Waals surface area contributed by atoms with Crippen molar-refractivity contribution < 1.29 is 9.84 Å². The van der Waals surface area contributed by atoms with E-state index in [0.29, 0.717) is 6.61 Å². The van der Waals surface area contributed by atoms with Gasteiger partial charge in [0, 0.05) is 19.8 Å². The third-order valence-corrected chi connectivity index (χ3v) is 3.41. The predicted octanol–water partition coefficient (Wildman–Crippen LogP) is 4.16. The molecule has 0 heterocycles. The third-order valence-electron chi connectivity index (χ3n) is 3.41. The van der Waals surface area contributed by atoms with Crippen LogP contribution < -0.4 is 0 Å². The van der Waals surface area contributed by atoms with Crippen molar-refractivity contribution in [1.82, 2.24) is 0 Å². The van der Waals surface area contributed by atoms with Gasteiger partial charge in [0.05, 0.1) is 0 Å². The molecular formula is C15H32O2. The molecule has 104 valence electrons. The first-order valence-corrected chi connectivity index (χ1v) is 7.53. The second-order valence-corrected chi connectivity index (χ2v) is 4.96. The third kappa shape index (κ3) is 12.2. The van der Waals surface area contributed by atoms with E-state index in [4.69, 9.17) is 9.84 Å². The Morgan fingerprint density at radius 1 is 0.882 bits per heavy atom. The lowest BCUT2D eigenvalue weighted by molar-refractivity contribution is 0.102. The Morgan fingerprint density at radius 3 is 2.29 bits per heavy atom. The topological polar surface area (TPSA) is 29.5 Å². The first kappa shape index (κ1) is 16.9. The van der Waals surface area contributed by atoms with E-state index < -0.39 is 0 Å². The molecule has 0 aliphatic rings. The number of hydrogen-bond donors (Lipinski definition) is 1. The van der Waals surface area contributed by atoms with Crippen LogP contribution in [0.4, 0.5) is 0 Å². The molecule has 0 rings (SSSR count). The molecule has 0 aromatic heterocycles. The molecule has 2 nitrogen and oxygen atoms in total. The Hall–Kier alpha value is -0.0800. The van der Waals surface area contributed by atoms with Crippen LogP contribution in [0.2, 0.25) is 0 Å². The smallest absolute Gasteiger partial charge is 0.0487 e. The highest BCUT2D eigenvalue weighted by molar-refractivity contribution is 4.58. The first-order valence-electron chi connectivity index (χ1n) is 7.53. The molecule has 17 heavy (non-hydrogen) atoms. The molecule has 0 saturated carbocycles. The van der Waals surface area contributed by atoms with Crippen molar-refractivity contribution >= 4 is 0 Å². The summed E-state index contributed by atoms with van der Waals surface area (Å²) >= 11 is 0. The van der Waals surface area contributed by atoms with Crippen molar-refractivity contribution in [3.8, 4) is 0 Å². The van der Waals surface area contributed by atoms with Crippen LogP contribution >= 0.6 is 0 Å². The molecule has 0 spiro atoms. The van der Waals surface area contributed by atoms with Gasteiger partial charge in [-0.3, -0.25) is 0 Å². The summed E-state index contributed by atoms with van der Waals surface area (Å²) in [6, 6.07) is 0. The first-order chi connectivity index (χ1) is 8.35. The molecule has 0 fully saturated rings. The zero-order chi connectivity index (χ0) is 12.8. The standard InChI is InChI=1S/C15H32O2/c1-3-5-6-7-8-10-15(4-2)11-14-17-13-9-12-16/h15-16H,3-14H2,1-2H3. The average molecular weight is 244 g/mol. The van der Waals surface area contributed by atoms with Gasteiger partial charge >= 0.3 is 0 Å². The summed E-state index contributed by atoms with van der Waals surface area (Å²) in [5.41, 5.74) is 0. The van der Waals surface area contributed by atoms with Crippen LogP contribution in [0.15, 0.2) is 0 Å². The Morgan fingerprint density at radius 2 is 1.65 bits per heavy atom. The minimum Gasteiger partial charge on any atom is -0.396 e. The SMILES string of the molecule is CCCCCCCC(CC)CCOCCCO. The lowest BCUT2D eigenvalue weighted by Gasteiger charge is -2.14. The van der Waals surface area contributed by atoms with Gasteiger partial charge in [-0.05, 0) is 18.8 Å². The van der Waals surface area contributed by atoms with Crippen LogP contribution in [0.3, 0.4) is 0 Å². The van der Waals surface area contributed by atoms with Crippen LogP contribution in [0, 0.1) is 5.92 Å². The van der Waals surface area contributed by atoms with E-state index in [9.17, 15) is 0 Å². The second kappa shape index (κ2) is 14.0. The molecule has 1 unspecified atom stereocenters. The van der Waals surface area contributed by atoms with Crippen LogP contribution in [0.5, 0.6) is 0 Å². The minimum atomic E-state index is 0.245. The van der Waals surface area contributed by atoms with E-state index >= 15 is 0 Å². The summed E-state index contributed by atoms with van der Waals surface area (Å²) in [4.78, 5) is 0. The van der Waals surface area contributed by atoms with E-state index in [2.05, 4.69) is 13.8 Å². The van der Waals surface area contributed by atoms with E-state index in [1.165, 1.54) is 51.4 Å². The lowest BCUT2D eigenvalue weighted by Crippen LogP contribution is -2.06. The van der Waals surface area contributed by atoms with E-state index in [1.807, 2.05) is 0 Å². The Balaban J connectivity index is 3.30. The summed E-state index contributed by atoms with van der Waals surface area (Å²) in [6.45, 7) is 6.37. The van der Waals surface area contributed by atoms with E-state index in [-0.39, 0.29) is 6.61 Å². The molecular weight excluding hydrogens is 212 g/mol. The summed E-state index contributed by atoms with van der Waals surface area (Å²) < 4.78 is 5.49. The molecule has 0 aliphatic heterocycles. The monoisotopic (exact) mass is 244 g/mol. The van der Waals surface area contributed by atoms with Crippen LogP contribution in [-0.2, 0) is 4.74 Å². The molecule has 0 radical (unpaired) electrons. The minimum absolute atomic E-state index is 0.245. The molecule has 2 heteroatoms. The maximum atomic E-state index is 8.63. The molecule has 0 aromatic carbocycles. The van der Waals surface area contributed by atoms with Gasteiger partial charge in [0.1, 0.15) is 0 Å². The number of ether oxygens (including phenoxy) is 1.